The first-order chi connectivity index (χ1) is 21.0. The second-order valence-electron chi connectivity index (χ2n) is 11.9. The number of rotatable bonds is 9. The van der Waals surface area contributed by atoms with E-state index in [-0.39, 0.29) is 54.9 Å². The summed E-state index contributed by atoms with van der Waals surface area (Å²) in [7, 11) is 0. The number of carbonyl (C=O) groups is 1. The number of fused-ring (bicyclic) bond motifs is 1. The summed E-state index contributed by atoms with van der Waals surface area (Å²) in [4.78, 5) is 24.3. The second kappa shape index (κ2) is 11.3. The highest BCUT2D eigenvalue weighted by Crippen LogP contribution is 2.53. The molecule has 1 saturated carbocycles. The van der Waals surface area contributed by atoms with Gasteiger partial charge in [0.15, 0.2) is 5.72 Å². The molecule has 3 heterocycles. The summed E-state index contributed by atoms with van der Waals surface area (Å²) in [6.07, 6.45) is 3.98. The van der Waals surface area contributed by atoms with Gasteiger partial charge in [-0.1, -0.05) is 42.3 Å². The van der Waals surface area contributed by atoms with Gasteiger partial charge >= 0.3 is 0 Å². The molecule has 3 aromatic rings. The molecule has 1 aromatic heterocycles. The number of halogens is 4. The number of alkyl halides is 1. The van der Waals surface area contributed by atoms with E-state index in [9.17, 15) is 15.2 Å². The lowest BCUT2D eigenvalue weighted by molar-refractivity contribution is -0.127. The van der Waals surface area contributed by atoms with Gasteiger partial charge in [0, 0.05) is 23.0 Å². The van der Waals surface area contributed by atoms with Crippen molar-refractivity contribution in [1.29, 1.82) is 5.26 Å². The molecule has 0 bridgehead atoms. The first kappa shape index (κ1) is 30.8. The van der Waals surface area contributed by atoms with E-state index in [4.69, 9.17) is 27.9 Å². The Balaban J connectivity index is 1.56. The number of piperidine rings is 1. The van der Waals surface area contributed by atoms with Crippen LogP contribution < -0.4 is 5.32 Å². The van der Waals surface area contributed by atoms with Crippen LogP contribution in [0.1, 0.15) is 71.9 Å². The number of hydrogen-bond donors (Lipinski definition) is 2. The number of aliphatic hydroxyl groups is 1. The van der Waals surface area contributed by atoms with Crippen LogP contribution in [0, 0.1) is 22.6 Å². The molecular weight excluding hydrogens is 611 g/mol. The first-order valence-corrected chi connectivity index (χ1v) is 15.3. The quantitative estimate of drug-likeness (QED) is 0.304. The highest BCUT2D eigenvalue weighted by atomic mass is 35.5. The first-order valence-electron chi connectivity index (χ1n) is 14.6. The molecule has 0 radical (unpaired) electrons. The molecule has 1 amide bonds. The molecule has 3 aliphatic rings. The monoisotopic (exact) mass is 641 g/mol. The molecule has 12 heteroatoms. The fourth-order valence-corrected chi connectivity index (χ4v) is 6.66. The zero-order valence-electron chi connectivity index (χ0n) is 24.0. The molecule has 8 nitrogen and oxygen atoms in total. The Morgan fingerprint density at radius 2 is 1.77 bits per heavy atom. The van der Waals surface area contributed by atoms with Crippen LogP contribution in [0.5, 0.6) is 0 Å². The van der Waals surface area contributed by atoms with Gasteiger partial charge in [0.1, 0.15) is 22.9 Å². The van der Waals surface area contributed by atoms with Crippen molar-refractivity contribution >= 4 is 29.1 Å². The maximum Gasteiger partial charge on any atom is 0.257 e. The minimum atomic E-state index is -2.05. The number of nitriles is 1. The summed E-state index contributed by atoms with van der Waals surface area (Å²) in [5, 5.41) is 25.5. The Hall–Kier alpha value is -3.20. The largest absolute Gasteiger partial charge is 0.382 e. The fraction of sp³-hybridized carbons (Fsp3) is 0.438. The zero-order chi connectivity index (χ0) is 31.3. The van der Waals surface area contributed by atoms with E-state index in [1.54, 1.807) is 31.2 Å². The van der Waals surface area contributed by atoms with Crippen LogP contribution in [0.3, 0.4) is 0 Å². The van der Waals surface area contributed by atoms with Crippen molar-refractivity contribution in [3.8, 4) is 6.07 Å². The third-order valence-electron chi connectivity index (χ3n) is 9.27. The molecule has 1 unspecified atom stereocenters. The highest BCUT2D eigenvalue weighted by molar-refractivity contribution is 6.30. The molecule has 2 N–H and O–H groups in total. The Labute approximate surface area is 264 Å². The van der Waals surface area contributed by atoms with Gasteiger partial charge in [-0.25, -0.2) is 18.7 Å². The van der Waals surface area contributed by atoms with Crippen molar-refractivity contribution in [2.24, 2.45) is 5.41 Å². The van der Waals surface area contributed by atoms with Gasteiger partial charge in [-0.2, -0.15) is 5.26 Å². The van der Waals surface area contributed by atoms with Crippen LogP contribution >= 0.6 is 23.2 Å². The van der Waals surface area contributed by atoms with Crippen LogP contribution in [-0.4, -0.2) is 51.2 Å². The summed E-state index contributed by atoms with van der Waals surface area (Å²) < 4.78 is 39.8. The average molecular weight is 643 g/mol. The van der Waals surface area contributed by atoms with Gasteiger partial charge in [-0.3, -0.25) is 9.69 Å². The third-order valence-corrected chi connectivity index (χ3v) is 9.72. The minimum absolute atomic E-state index is 0.0259. The topological polar surface area (TPSA) is 111 Å². The Morgan fingerprint density at radius 3 is 2.36 bits per heavy atom. The van der Waals surface area contributed by atoms with Crippen molar-refractivity contribution in [3.05, 3.63) is 92.7 Å². The normalized spacial score (nSPS) is 23.1. The van der Waals surface area contributed by atoms with Gasteiger partial charge in [0.2, 0.25) is 0 Å². The Bertz CT molecular complexity index is 1620. The van der Waals surface area contributed by atoms with Gasteiger partial charge in [0.25, 0.3) is 5.91 Å². The van der Waals surface area contributed by atoms with Gasteiger partial charge in [0.05, 0.1) is 40.8 Å². The van der Waals surface area contributed by atoms with Crippen molar-refractivity contribution < 1.29 is 23.4 Å². The molecule has 230 valence electrons. The van der Waals surface area contributed by atoms with E-state index in [1.165, 1.54) is 23.4 Å². The average Bonchev–Trinajstić information content (AvgIpc) is 3.77. The molecule has 1 saturated heterocycles. The number of carbonyl (C=O) groups excluding carboxylic acids is 1. The van der Waals surface area contributed by atoms with E-state index >= 15 is 8.78 Å². The van der Waals surface area contributed by atoms with Crippen molar-refractivity contribution in [1.82, 2.24) is 20.2 Å². The molecule has 6 rings (SSSR count). The van der Waals surface area contributed by atoms with Crippen LogP contribution in [0.15, 0.2) is 48.8 Å². The van der Waals surface area contributed by atoms with Crippen molar-refractivity contribution in [2.45, 2.75) is 62.6 Å². The van der Waals surface area contributed by atoms with E-state index in [0.717, 1.165) is 6.07 Å². The van der Waals surface area contributed by atoms with Gasteiger partial charge in [-0.05, 0) is 75.0 Å². The molecule has 2 aliphatic heterocycles. The van der Waals surface area contributed by atoms with Crippen molar-refractivity contribution in [3.63, 3.8) is 0 Å². The zero-order valence-corrected chi connectivity index (χ0v) is 25.6. The highest BCUT2D eigenvalue weighted by Gasteiger charge is 2.58. The Morgan fingerprint density at radius 1 is 1.11 bits per heavy atom. The standard InChI is InChI=1S/C32H31Cl2F2N5O3/c1-2-31(43,30(36)9-11-38-12-10-30)21-13-24-27(25(35)14-21)32(20-3-5-22(33)6-4-20,44-19-29(18-37)7-8-29)41(28(24)42)17-26-39-15-23(34)16-40-26/h3-6,13-16,38,43H,2,7-12,17,19H2,1H3/t31?,32-/m1/s1. The molecule has 0 spiro atoms. The lowest BCUT2D eigenvalue weighted by Gasteiger charge is -2.44. The van der Waals surface area contributed by atoms with Crippen LogP contribution in [0.25, 0.3) is 0 Å². The minimum Gasteiger partial charge on any atom is -0.382 e. The molecule has 2 atom stereocenters. The maximum atomic E-state index is 16.8. The maximum absolute atomic E-state index is 16.8. The number of amides is 1. The third kappa shape index (κ3) is 4.95. The molecule has 44 heavy (non-hydrogen) atoms. The molecule has 2 aromatic carbocycles. The number of nitrogens with one attached hydrogen (secondary N) is 1. The lowest BCUT2D eigenvalue weighted by Crippen LogP contribution is -2.54. The summed E-state index contributed by atoms with van der Waals surface area (Å²) in [5.74, 6) is -1.28. The smallest absolute Gasteiger partial charge is 0.257 e. The number of ether oxygens (including phenoxy) is 1. The molecule has 1 aliphatic carbocycles. The summed E-state index contributed by atoms with van der Waals surface area (Å²) in [6, 6.07) is 11.2. The summed E-state index contributed by atoms with van der Waals surface area (Å²) in [6.45, 7) is 2.05. The van der Waals surface area contributed by atoms with Gasteiger partial charge < -0.3 is 15.2 Å². The predicted octanol–water partition coefficient (Wildman–Crippen LogP) is 5.79. The number of aromatic nitrogens is 2. The number of benzene rings is 2. The molecule has 2 fully saturated rings. The van der Waals surface area contributed by atoms with Crippen LogP contribution in [0.4, 0.5) is 8.78 Å². The second-order valence-corrected chi connectivity index (χ2v) is 12.7. The summed E-state index contributed by atoms with van der Waals surface area (Å²) >= 11 is 12.2. The van der Waals surface area contributed by atoms with E-state index in [1.807, 2.05) is 0 Å². The summed E-state index contributed by atoms with van der Waals surface area (Å²) in [5.41, 5.74) is -6.57. The fourth-order valence-electron chi connectivity index (χ4n) is 6.43. The Kier molecular flexibility index (Phi) is 7.92. The van der Waals surface area contributed by atoms with Gasteiger partial charge in [-0.15, -0.1) is 0 Å². The SMILES string of the molecule is CCC(O)(c1cc(F)c2c(c1)C(=O)N(Cc1ncc(Cl)cn1)[C@@]2(OCC1(C#N)CC1)c1ccc(Cl)cc1)C1(F)CCNCC1. The lowest BCUT2D eigenvalue weighted by atomic mass is 9.71. The van der Waals surface area contributed by atoms with E-state index < -0.39 is 34.1 Å². The van der Waals surface area contributed by atoms with Crippen LogP contribution in [0.2, 0.25) is 10.0 Å². The predicted molar refractivity (Wildman–Crippen MR) is 159 cm³/mol. The van der Waals surface area contributed by atoms with E-state index in [2.05, 4.69) is 21.4 Å². The van der Waals surface area contributed by atoms with Crippen molar-refractivity contribution in [2.75, 3.05) is 19.7 Å². The number of hydrogen-bond acceptors (Lipinski definition) is 7. The van der Waals surface area contributed by atoms with E-state index in [0.29, 0.717) is 41.5 Å². The van der Waals surface area contributed by atoms with Crippen LogP contribution in [-0.2, 0) is 22.6 Å². The molecular formula is C32H31Cl2F2N5O3. The number of nitrogens with zero attached hydrogens (tertiary/aromatic N) is 4.